The molecule has 0 fully saturated rings. The summed E-state index contributed by atoms with van der Waals surface area (Å²) in [7, 11) is 1.97. The first-order chi connectivity index (χ1) is 9.49. The SMILES string of the molecule is Cc1ccc(N(C)CC(=O)c2ccccc2C)c(C)c1. The predicted octanol–water partition coefficient (Wildman–Crippen LogP) is 3.93. The second-order valence-electron chi connectivity index (χ2n) is 5.38. The highest BCUT2D eigenvalue weighted by Crippen LogP contribution is 2.20. The highest BCUT2D eigenvalue weighted by molar-refractivity contribution is 6.00. The lowest BCUT2D eigenvalue weighted by molar-refractivity contribution is 0.1000. The number of carbonyl (C=O) groups is 1. The van der Waals surface area contributed by atoms with Gasteiger partial charge in [0.25, 0.3) is 0 Å². The predicted molar refractivity (Wildman–Crippen MR) is 84.7 cm³/mol. The maximum atomic E-state index is 12.4. The van der Waals surface area contributed by atoms with Gasteiger partial charge in [0.1, 0.15) is 0 Å². The summed E-state index contributed by atoms with van der Waals surface area (Å²) in [4.78, 5) is 14.4. The molecule has 104 valence electrons. The standard InChI is InChI=1S/C18H21NO/c1-13-9-10-17(15(3)11-13)19(4)12-18(20)16-8-6-5-7-14(16)2/h5-11H,12H2,1-4H3. The number of anilines is 1. The monoisotopic (exact) mass is 267 g/mol. The summed E-state index contributed by atoms with van der Waals surface area (Å²) in [6.07, 6.45) is 0. The average Bonchev–Trinajstić information content (AvgIpc) is 2.38. The molecule has 2 nitrogen and oxygen atoms in total. The van der Waals surface area contributed by atoms with Gasteiger partial charge in [0.15, 0.2) is 5.78 Å². The molecular weight excluding hydrogens is 246 g/mol. The van der Waals surface area contributed by atoms with Crippen LogP contribution >= 0.6 is 0 Å². The summed E-state index contributed by atoms with van der Waals surface area (Å²) in [5, 5.41) is 0. The fraction of sp³-hybridized carbons (Fsp3) is 0.278. The molecule has 0 aliphatic heterocycles. The van der Waals surface area contributed by atoms with Crippen LogP contribution < -0.4 is 4.90 Å². The highest BCUT2D eigenvalue weighted by atomic mass is 16.1. The van der Waals surface area contributed by atoms with Crippen LogP contribution in [0.4, 0.5) is 5.69 Å². The van der Waals surface area contributed by atoms with Gasteiger partial charge in [-0.05, 0) is 38.0 Å². The van der Waals surface area contributed by atoms with Crippen molar-refractivity contribution in [2.75, 3.05) is 18.5 Å². The van der Waals surface area contributed by atoms with Gasteiger partial charge in [-0.1, -0.05) is 42.0 Å². The van der Waals surface area contributed by atoms with E-state index in [0.29, 0.717) is 6.54 Å². The quantitative estimate of drug-likeness (QED) is 0.782. The molecule has 2 aromatic carbocycles. The highest BCUT2D eigenvalue weighted by Gasteiger charge is 2.13. The number of ketones is 1. The smallest absolute Gasteiger partial charge is 0.182 e. The minimum atomic E-state index is 0.158. The van der Waals surface area contributed by atoms with Crippen molar-refractivity contribution in [3.05, 3.63) is 64.7 Å². The van der Waals surface area contributed by atoms with Gasteiger partial charge in [-0.25, -0.2) is 0 Å². The van der Waals surface area contributed by atoms with E-state index in [9.17, 15) is 4.79 Å². The van der Waals surface area contributed by atoms with Crippen molar-refractivity contribution in [3.8, 4) is 0 Å². The second kappa shape index (κ2) is 5.91. The van der Waals surface area contributed by atoms with E-state index >= 15 is 0 Å². The first-order valence-corrected chi connectivity index (χ1v) is 6.86. The molecule has 0 bridgehead atoms. The van der Waals surface area contributed by atoms with Gasteiger partial charge in [0.05, 0.1) is 6.54 Å². The van der Waals surface area contributed by atoms with E-state index in [4.69, 9.17) is 0 Å². The van der Waals surface area contributed by atoms with Crippen LogP contribution in [0.15, 0.2) is 42.5 Å². The van der Waals surface area contributed by atoms with Gasteiger partial charge < -0.3 is 4.90 Å². The maximum Gasteiger partial charge on any atom is 0.182 e. The Morgan fingerprint density at radius 2 is 1.70 bits per heavy atom. The molecule has 2 aromatic rings. The molecule has 2 heteroatoms. The van der Waals surface area contributed by atoms with Gasteiger partial charge in [-0.2, -0.15) is 0 Å². The third-order valence-electron chi connectivity index (χ3n) is 3.59. The zero-order valence-electron chi connectivity index (χ0n) is 12.6. The Kier molecular flexibility index (Phi) is 4.23. The largest absolute Gasteiger partial charge is 0.367 e. The topological polar surface area (TPSA) is 20.3 Å². The summed E-state index contributed by atoms with van der Waals surface area (Å²) in [6, 6.07) is 14.0. The molecule has 0 heterocycles. The lowest BCUT2D eigenvalue weighted by atomic mass is 10.0. The van der Waals surface area contributed by atoms with Crippen molar-refractivity contribution < 1.29 is 4.79 Å². The molecule has 0 radical (unpaired) electrons. The van der Waals surface area contributed by atoms with Crippen LogP contribution in [0.1, 0.15) is 27.0 Å². The van der Waals surface area contributed by atoms with Gasteiger partial charge in [-0.15, -0.1) is 0 Å². The van der Waals surface area contributed by atoms with E-state index in [1.54, 1.807) is 0 Å². The van der Waals surface area contributed by atoms with Crippen LogP contribution in [0, 0.1) is 20.8 Å². The zero-order valence-corrected chi connectivity index (χ0v) is 12.6. The average molecular weight is 267 g/mol. The van der Waals surface area contributed by atoms with Crippen LogP contribution in [-0.2, 0) is 0 Å². The summed E-state index contributed by atoms with van der Waals surface area (Å²) in [6.45, 7) is 6.53. The van der Waals surface area contributed by atoms with Gasteiger partial charge in [-0.3, -0.25) is 4.79 Å². The number of hydrogen-bond acceptors (Lipinski definition) is 2. The van der Waals surface area contributed by atoms with E-state index in [1.807, 2.05) is 43.1 Å². The van der Waals surface area contributed by atoms with E-state index in [-0.39, 0.29) is 5.78 Å². The Morgan fingerprint density at radius 1 is 1.00 bits per heavy atom. The molecule has 0 saturated carbocycles. The Balaban J connectivity index is 2.17. The molecule has 0 aliphatic rings. The van der Waals surface area contributed by atoms with Crippen molar-refractivity contribution in [2.45, 2.75) is 20.8 Å². The Labute approximate surface area is 121 Å². The normalized spacial score (nSPS) is 10.4. The van der Waals surface area contributed by atoms with Gasteiger partial charge >= 0.3 is 0 Å². The van der Waals surface area contributed by atoms with Crippen molar-refractivity contribution in [3.63, 3.8) is 0 Å². The van der Waals surface area contributed by atoms with Gasteiger partial charge in [0.2, 0.25) is 0 Å². The number of rotatable bonds is 4. The molecule has 0 saturated heterocycles. The summed E-state index contributed by atoms with van der Waals surface area (Å²) in [5.74, 6) is 0.158. The Hall–Kier alpha value is -2.09. The van der Waals surface area contributed by atoms with Crippen LogP contribution in [0.3, 0.4) is 0 Å². The number of nitrogens with zero attached hydrogens (tertiary/aromatic N) is 1. The van der Waals surface area contributed by atoms with Crippen molar-refractivity contribution >= 4 is 11.5 Å². The number of benzene rings is 2. The first kappa shape index (κ1) is 14.3. The molecule has 0 atom stereocenters. The number of Topliss-reactive ketones (excluding diaryl/α,β-unsaturated/α-hetero) is 1. The molecular formula is C18H21NO. The van der Waals surface area contributed by atoms with Crippen LogP contribution in [0.2, 0.25) is 0 Å². The maximum absolute atomic E-state index is 12.4. The summed E-state index contributed by atoms with van der Waals surface area (Å²) < 4.78 is 0. The number of likely N-dealkylation sites (N-methyl/N-ethyl adjacent to an activating group) is 1. The fourth-order valence-corrected chi connectivity index (χ4v) is 2.51. The molecule has 0 spiro atoms. The van der Waals surface area contributed by atoms with Crippen LogP contribution in [-0.4, -0.2) is 19.4 Å². The summed E-state index contributed by atoms with van der Waals surface area (Å²) in [5.41, 5.74) is 5.39. The van der Waals surface area contributed by atoms with Crippen LogP contribution in [0.5, 0.6) is 0 Å². The minimum absolute atomic E-state index is 0.158. The first-order valence-electron chi connectivity index (χ1n) is 6.86. The van der Waals surface area contributed by atoms with E-state index in [1.165, 1.54) is 11.1 Å². The zero-order chi connectivity index (χ0) is 14.7. The second-order valence-corrected chi connectivity index (χ2v) is 5.38. The lowest BCUT2D eigenvalue weighted by Crippen LogP contribution is -2.26. The molecule has 0 amide bonds. The molecule has 0 aromatic heterocycles. The number of carbonyl (C=O) groups excluding carboxylic acids is 1. The number of aryl methyl sites for hydroxylation is 3. The molecule has 0 N–H and O–H groups in total. The minimum Gasteiger partial charge on any atom is -0.367 e. The molecule has 0 unspecified atom stereocenters. The van der Waals surface area contributed by atoms with Crippen molar-refractivity contribution in [1.82, 2.24) is 0 Å². The van der Waals surface area contributed by atoms with Crippen molar-refractivity contribution in [2.24, 2.45) is 0 Å². The fourth-order valence-electron chi connectivity index (χ4n) is 2.51. The Morgan fingerprint density at radius 3 is 2.35 bits per heavy atom. The van der Waals surface area contributed by atoms with Gasteiger partial charge in [0, 0.05) is 18.3 Å². The summed E-state index contributed by atoms with van der Waals surface area (Å²) >= 11 is 0. The van der Waals surface area contributed by atoms with Crippen molar-refractivity contribution in [1.29, 1.82) is 0 Å². The van der Waals surface area contributed by atoms with E-state index < -0.39 is 0 Å². The Bertz CT molecular complexity index is 631. The lowest BCUT2D eigenvalue weighted by Gasteiger charge is -2.21. The number of hydrogen-bond donors (Lipinski definition) is 0. The molecule has 0 aliphatic carbocycles. The third-order valence-corrected chi connectivity index (χ3v) is 3.59. The van der Waals surface area contributed by atoms with E-state index in [0.717, 1.165) is 16.8 Å². The molecule has 20 heavy (non-hydrogen) atoms. The molecule has 2 rings (SSSR count). The third kappa shape index (κ3) is 3.08. The van der Waals surface area contributed by atoms with E-state index in [2.05, 4.69) is 32.0 Å². The van der Waals surface area contributed by atoms with Crippen LogP contribution in [0.25, 0.3) is 0 Å².